The molecule has 0 aromatic heterocycles. The van der Waals surface area contributed by atoms with Gasteiger partial charge in [0.1, 0.15) is 16.8 Å². The third kappa shape index (κ3) is 3.29. The molecule has 0 radical (unpaired) electrons. The predicted octanol–water partition coefficient (Wildman–Crippen LogP) is 0.871. The number of nitrogens with one attached hydrogen (secondary N) is 2. The van der Waals surface area contributed by atoms with Gasteiger partial charge in [0.05, 0.1) is 19.8 Å². The Bertz CT molecular complexity index is 905. The summed E-state index contributed by atoms with van der Waals surface area (Å²) in [6, 6.07) is 5.96. The van der Waals surface area contributed by atoms with E-state index in [0.29, 0.717) is 5.71 Å². The van der Waals surface area contributed by atoms with E-state index in [2.05, 4.69) is 31.0 Å². The number of benzene rings is 1. The summed E-state index contributed by atoms with van der Waals surface area (Å²) in [5.41, 5.74) is 6.29. The highest BCUT2D eigenvalue weighted by molar-refractivity contribution is 6.08. The van der Waals surface area contributed by atoms with Crippen LogP contribution in [0, 0.1) is 5.41 Å². The average Bonchev–Trinajstić information content (AvgIpc) is 2.82. The fraction of sp³-hybridized carbons (Fsp3) is 0.364. The molecule has 2 aliphatic heterocycles. The SMILES string of the molecule is C[NH2+]C(=CC(=N)c1ccc2c(c1)[NH+](C)C(=O)C2(C)C)C1=CCN(C)C(C)=C1. The normalized spacial score (nSPS) is 21.7. The topological polar surface area (TPSA) is 65.2 Å². The maximum Gasteiger partial charge on any atom is 0.327 e. The molecule has 0 saturated carbocycles. The largest absolute Gasteiger partial charge is 0.374 e. The maximum absolute atomic E-state index is 12.5. The van der Waals surface area contributed by atoms with Crippen molar-refractivity contribution in [3.63, 3.8) is 0 Å². The third-order valence-electron chi connectivity index (χ3n) is 5.81. The van der Waals surface area contributed by atoms with Gasteiger partial charge in [-0.1, -0.05) is 18.2 Å². The molecule has 1 aromatic carbocycles. The van der Waals surface area contributed by atoms with Gasteiger partial charge in [-0.15, -0.1) is 0 Å². The van der Waals surface area contributed by atoms with E-state index in [1.807, 2.05) is 57.5 Å². The van der Waals surface area contributed by atoms with E-state index in [0.717, 1.165) is 39.5 Å². The summed E-state index contributed by atoms with van der Waals surface area (Å²) in [5.74, 6) is 0.177. The second kappa shape index (κ2) is 6.91. The zero-order valence-electron chi connectivity index (χ0n) is 17.1. The number of allylic oxidation sites excluding steroid dienone is 3. The van der Waals surface area contributed by atoms with E-state index in [4.69, 9.17) is 5.41 Å². The molecular weight excluding hydrogens is 336 g/mol. The second-order valence-corrected chi connectivity index (χ2v) is 7.97. The van der Waals surface area contributed by atoms with Crippen molar-refractivity contribution < 1.29 is 15.0 Å². The molecule has 4 N–H and O–H groups in total. The van der Waals surface area contributed by atoms with Crippen molar-refractivity contribution in [3.8, 4) is 0 Å². The van der Waals surface area contributed by atoms with Gasteiger partial charge in [0, 0.05) is 48.1 Å². The zero-order valence-corrected chi connectivity index (χ0v) is 17.1. The lowest BCUT2D eigenvalue weighted by atomic mass is 9.85. The monoisotopic (exact) mass is 366 g/mol. The smallest absolute Gasteiger partial charge is 0.327 e. The van der Waals surface area contributed by atoms with E-state index in [9.17, 15) is 4.79 Å². The Kier molecular flexibility index (Phi) is 4.93. The number of hydrogen-bond donors (Lipinski definition) is 3. The molecule has 0 bridgehead atoms. The number of quaternary nitrogens is 2. The Morgan fingerprint density at radius 3 is 2.70 bits per heavy atom. The maximum atomic E-state index is 12.5. The van der Waals surface area contributed by atoms with Crippen LogP contribution in [-0.4, -0.2) is 44.2 Å². The number of rotatable bonds is 4. The molecule has 0 fully saturated rings. The molecule has 1 aromatic rings. The summed E-state index contributed by atoms with van der Waals surface area (Å²) < 4.78 is 0. The van der Waals surface area contributed by atoms with Crippen molar-refractivity contribution >= 4 is 17.3 Å². The van der Waals surface area contributed by atoms with Gasteiger partial charge in [-0.2, -0.15) is 0 Å². The summed E-state index contributed by atoms with van der Waals surface area (Å²) in [7, 11) is 5.97. The molecule has 0 aliphatic carbocycles. The number of hydrogen-bond acceptors (Lipinski definition) is 3. The molecule has 1 amide bonds. The molecule has 0 saturated heterocycles. The number of carbonyl (C=O) groups is 1. The lowest BCUT2D eigenvalue weighted by Crippen LogP contribution is -3.06. The summed E-state index contributed by atoms with van der Waals surface area (Å²) in [6.45, 7) is 6.92. The van der Waals surface area contributed by atoms with Crippen LogP contribution in [0.3, 0.4) is 0 Å². The third-order valence-corrected chi connectivity index (χ3v) is 5.81. The number of amides is 1. The van der Waals surface area contributed by atoms with Crippen molar-refractivity contribution in [2.75, 3.05) is 27.7 Å². The van der Waals surface area contributed by atoms with E-state index >= 15 is 0 Å². The fourth-order valence-corrected chi connectivity index (χ4v) is 3.83. The van der Waals surface area contributed by atoms with Crippen molar-refractivity contribution in [1.82, 2.24) is 4.90 Å². The van der Waals surface area contributed by atoms with Crippen molar-refractivity contribution in [2.45, 2.75) is 26.2 Å². The van der Waals surface area contributed by atoms with E-state index in [-0.39, 0.29) is 5.91 Å². The first-order valence-corrected chi connectivity index (χ1v) is 9.40. The molecule has 0 spiro atoms. The highest BCUT2D eigenvalue weighted by atomic mass is 16.2. The molecule has 27 heavy (non-hydrogen) atoms. The average molecular weight is 367 g/mol. The van der Waals surface area contributed by atoms with Crippen LogP contribution in [0.2, 0.25) is 0 Å². The zero-order chi connectivity index (χ0) is 19.9. The van der Waals surface area contributed by atoms with Crippen molar-refractivity contribution in [3.05, 3.63) is 64.5 Å². The Morgan fingerprint density at radius 1 is 1.37 bits per heavy atom. The summed E-state index contributed by atoms with van der Waals surface area (Å²) in [6.07, 6.45) is 6.26. The second-order valence-electron chi connectivity index (χ2n) is 7.97. The van der Waals surface area contributed by atoms with Crippen LogP contribution in [-0.2, 0) is 10.2 Å². The summed E-state index contributed by atoms with van der Waals surface area (Å²) >= 11 is 0. The molecule has 1 unspecified atom stereocenters. The van der Waals surface area contributed by atoms with Crippen LogP contribution in [0.25, 0.3) is 0 Å². The molecule has 5 heteroatoms. The summed E-state index contributed by atoms with van der Waals surface area (Å²) in [5, 5.41) is 10.6. The first kappa shape index (κ1) is 19.3. The molecule has 1 atom stereocenters. The van der Waals surface area contributed by atoms with Gasteiger partial charge in [0.15, 0.2) is 0 Å². The van der Waals surface area contributed by atoms with Gasteiger partial charge in [0.2, 0.25) is 0 Å². The van der Waals surface area contributed by atoms with E-state index in [1.54, 1.807) is 0 Å². The molecular formula is C22H30N4O+2. The minimum absolute atomic E-state index is 0.177. The Morgan fingerprint density at radius 2 is 2.07 bits per heavy atom. The number of carbonyl (C=O) groups excluding carboxylic acids is 1. The van der Waals surface area contributed by atoms with E-state index < -0.39 is 5.41 Å². The van der Waals surface area contributed by atoms with Crippen LogP contribution < -0.4 is 10.2 Å². The van der Waals surface area contributed by atoms with Gasteiger partial charge < -0.3 is 15.6 Å². The Balaban J connectivity index is 1.93. The lowest BCUT2D eigenvalue weighted by molar-refractivity contribution is -0.721. The molecule has 2 heterocycles. The molecule has 2 aliphatic rings. The van der Waals surface area contributed by atoms with Crippen LogP contribution in [0.15, 0.2) is 53.4 Å². The first-order chi connectivity index (χ1) is 12.7. The minimum atomic E-state index is -0.473. The summed E-state index contributed by atoms with van der Waals surface area (Å²) in [4.78, 5) is 15.5. The molecule has 142 valence electrons. The van der Waals surface area contributed by atoms with Gasteiger partial charge >= 0.3 is 5.91 Å². The van der Waals surface area contributed by atoms with Crippen LogP contribution >= 0.6 is 0 Å². The van der Waals surface area contributed by atoms with Gasteiger partial charge in [-0.3, -0.25) is 0 Å². The first-order valence-electron chi connectivity index (χ1n) is 9.40. The van der Waals surface area contributed by atoms with Crippen LogP contribution in [0.1, 0.15) is 31.9 Å². The van der Waals surface area contributed by atoms with E-state index in [1.165, 1.54) is 5.70 Å². The van der Waals surface area contributed by atoms with Crippen molar-refractivity contribution in [1.29, 1.82) is 5.41 Å². The van der Waals surface area contributed by atoms with Crippen molar-refractivity contribution in [2.24, 2.45) is 0 Å². The number of nitrogens with zero attached hydrogens (tertiary/aromatic N) is 1. The Hall–Kier alpha value is -2.50. The Labute approximate surface area is 161 Å². The van der Waals surface area contributed by atoms with Gasteiger partial charge in [-0.05, 0) is 26.8 Å². The van der Waals surface area contributed by atoms with Crippen LogP contribution in [0.4, 0.5) is 5.69 Å². The van der Waals surface area contributed by atoms with Gasteiger partial charge in [0.25, 0.3) is 0 Å². The predicted molar refractivity (Wildman–Crippen MR) is 108 cm³/mol. The van der Waals surface area contributed by atoms with Crippen LogP contribution in [0.5, 0.6) is 0 Å². The quantitative estimate of drug-likeness (QED) is 0.693. The number of likely N-dealkylation sites (N-methyl/N-ethyl adjacent to an activating group) is 3. The molecule has 5 nitrogen and oxygen atoms in total. The lowest BCUT2D eigenvalue weighted by Gasteiger charge is -2.23. The fourth-order valence-electron chi connectivity index (χ4n) is 3.83. The standard InChI is InChI=1S/C22H28N4O/c1-14-11-16(9-10-25(14)5)19(24-4)13-18(23)15-7-8-17-20(12-15)26(6)21(27)22(17,2)3/h7-9,11-13,23-24H,10H2,1-6H3/p+2. The number of fused-ring (bicyclic) bond motifs is 1. The van der Waals surface area contributed by atoms with Gasteiger partial charge in [-0.25, -0.2) is 9.69 Å². The highest BCUT2D eigenvalue weighted by Gasteiger charge is 2.47. The highest BCUT2D eigenvalue weighted by Crippen LogP contribution is 2.33. The minimum Gasteiger partial charge on any atom is -0.374 e. The molecule has 3 rings (SSSR count). The number of nitrogens with two attached hydrogens (primary N) is 1.